The van der Waals surface area contributed by atoms with Crippen LogP contribution in [0.15, 0.2) is 24.3 Å². The van der Waals surface area contributed by atoms with Crippen molar-refractivity contribution in [3.63, 3.8) is 0 Å². The lowest BCUT2D eigenvalue weighted by Crippen LogP contribution is -2.27. The summed E-state index contributed by atoms with van der Waals surface area (Å²) in [4.78, 5) is 12.8. The molecular formula is C19H23N3O. The van der Waals surface area contributed by atoms with E-state index in [9.17, 15) is 4.79 Å². The fourth-order valence-corrected chi connectivity index (χ4v) is 3.15. The summed E-state index contributed by atoms with van der Waals surface area (Å²) < 4.78 is 1.99. The number of hydrogen-bond acceptors (Lipinski definition) is 2. The molecule has 1 amide bonds. The number of aromatic nitrogens is 2. The Kier molecular flexibility index (Phi) is 3.47. The van der Waals surface area contributed by atoms with E-state index in [1.165, 1.54) is 5.56 Å². The van der Waals surface area contributed by atoms with Crippen LogP contribution in [0.2, 0.25) is 0 Å². The normalized spacial score (nSPS) is 17.3. The maximum absolute atomic E-state index is 12.8. The second-order valence-corrected chi connectivity index (χ2v) is 6.83. The van der Waals surface area contributed by atoms with E-state index >= 15 is 0 Å². The standard InChI is InChI=1S/C19H23N3O/c1-3-16-17(19(23)20-14-9-10-14)18(13-7-8-13)21-22(16)15-6-4-5-12(2)11-15/h4-6,11,13-14H,3,7-10H2,1-2H3,(H,20,23). The molecule has 2 aromatic rings. The SMILES string of the molecule is CCc1c(C(=O)NC2CC2)c(C2CC2)nn1-c1cccc(C)c1. The first-order chi connectivity index (χ1) is 11.2. The van der Waals surface area contributed by atoms with Crippen molar-refractivity contribution in [3.8, 4) is 5.69 Å². The highest BCUT2D eigenvalue weighted by Crippen LogP contribution is 2.42. The minimum Gasteiger partial charge on any atom is -0.349 e. The van der Waals surface area contributed by atoms with E-state index in [0.717, 1.165) is 54.7 Å². The van der Waals surface area contributed by atoms with Crippen molar-refractivity contribution in [3.05, 3.63) is 46.8 Å². The molecule has 0 bridgehead atoms. The van der Waals surface area contributed by atoms with Gasteiger partial charge >= 0.3 is 0 Å². The van der Waals surface area contributed by atoms with Crippen molar-refractivity contribution in [2.45, 2.75) is 57.9 Å². The maximum atomic E-state index is 12.8. The summed E-state index contributed by atoms with van der Waals surface area (Å²) in [5, 5.41) is 8.01. The average molecular weight is 309 g/mol. The van der Waals surface area contributed by atoms with Gasteiger partial charge in [-0.05, 0) is 56.7 Å². The maximum Gasteiger partial charge on any atom is 0.255 e. The molecule has 0 spiro atoms. The molecular weight excluding hydrogens is 286 g/mol. The summed E-state index contributed by atoms with van der Waals surface area (Å²) in [6.07, 6.45) is 5.33. The van der Waals surface area contributed by atoms with Gasteiger partial charge in [-0.25, -0.2) is 4.68 Å². The minimum atomic E-state index is 0.0742. The molecule has 0 atom stereocenters. The van der Waals surface area contributed by atoms with Gasteiger partial charge in [-0.3, -0.25) is 4.79 Å². The molecule has 120 valence electrons. The highest BCUT2D eigenvalue weighted by Gasteiger charge is 2.35. The highest BCUT2D eigenvalue weighted by molar-refractivity contribution is 5.97. The number of hydrogen-bond donors (Lipinski definition) is 1. The fourth-order valence-electron chi connectivity index (χ4n) is 3.15. The second kappa shape index (κ2) is 5.52. The Morgan fingerprint density at radius 3 is 2.70 bits per heavy atom. The predicted molar refractivity (Wildman–Crippen MR) is 90.1 cm³/mol. The third-order valence-corrected chi connectivity index (χ3v) is 4.69. The number of rotatable bonds is 5. The van der Waals surface area contributed by atoms with Crippen molar-refractivity contribution >= 4 is 5.91 Å². The van der Waals surface area contributed by atoms with Crippen molar-refractivity contribution in [1.82, 2.24) is 15.1 Å². The van der Waals surface area contributed by atoms with Gasteiger partial charge in [0.05, 0.1) is 22.6 Å². The smallest absolute Gasteiger partial charge is 0.255 e. The molecule has 0 radical (unpaired) electrons. The van der Waals surface area contributed by atoms with Crippen molar-refractivity contribution in [1.29, 1.82) is 0 Å². The predicted octanol–water partition coefficient (Wildman–Crippen LogP) is 3.51. The molecule has 1 aromatic carbocycles. The molecule has 1 N–H and O–H groups in total. The van der Waals surface area contributed by atoms with Crippen molar-refractivity contribution < 1.29 is 4.79 Å². The van der Waals surface area contributed by atoms with E-state index in [0.29, 0.717) is 12.0 Å². The van der Waals surface area contributed by atoms with E-state index < -0.39 is 0 Å². The second-order valence-electron chi connectivity index (χ2n) is 6.83. The molecule has 0 aliphatic heterocycles. The molecule has 4 nitrogen and oxygen atoms in total. The number of benzene rings is 1. The van der Waals surface area contributed by atoms with Gasteiger partial charge in [0.15, 0.2) is 0 Å². The monoisotopic (exact) mass is 309 g/mol. The van der Waals surface area contributed by atoms with Crippen LogP contribution in [-0.2, 0) is 6.42 Å². The van der Waals surface area contributed by atoms with Crippen LogP contribution in [0.4, 0.5) is 0 Å². The van der Waals surface area contributed by atoms with Crippen LogP contribution in [-0.4, -0.2) is 21.7 Å². The number of nitrogens with one attached hydrogen (secondary N) is 1. The molecule has 1 heterocycles. The lowest BCUT2D eigenvalue weighted by Gasteiger charge is -2.09. The van der Waals surface area contributed by atoms with E-state index in [4.69, 9.17) is 5.10 Å². The van der Waals surface area contributed by atoms with Gasteiger partial charge in [-0.1, -0.05) is 19.1 Å². The van der Waals surface area contributed by atoms with E-state index in [1.807, 2.05) is 10.7 Å². The van der Waals surface area contributed by atoms with Crippen LogP contribution in [0.3, 0.4) is 0 Å². The van der Waals surface area contributed by atoms with Crippen LogP contribution in [0.5, 0.6) is 0 Å². The van der Waals surface area contributed by atoms with E-state index in [2.05, 4.69) is 37.4 Å². The summed E-state index contributed by atoms with van der Waals surface area (Å²) in [6.45, 7) is 4.19. The Bertz CT molecular complexity index is 754. The van der Waals surface area contributed by atoms with Crippen LogP contribution in [0.1, 0.15) is 65.8 Å². The first-order valence-electron chi connectivity index (χ1n) is 8.67. The van der Waals surface area contributed by atoms with Gasteiger partial charge in [-0.15, -0.1) is 0 Å². The minimum absolute atomic E-state index is 0.0742. The molecule has 2 fully saturated rings. The van der Waals surface area contributed by atoms with Crippen LogP contribution >= 0.6 is 0 Å². The lowest BCUT2D eigenvalue weighted by molar-refractivity contribution is 0.0949. The number of amides is 1. The summed E-state index contributed by atoms with van der Waals surface area (Å²) in [5.74, 6) is 0.538. The highest BCUT2D eigenvalue weighted by atomic mass is 16.1. The molecule has 2 saturated carbocycles. The molecule has 1 aromatic heterocycles. The topological polar surface area (TPSA) is 46.9 Å². The summed E-state index contributed by atoms with van der Waals surface area (Å²) in [5.41, 5.74) is 5.13. The molecule has 4 heteroatoms. The molecule has 0 unspecified atom stereocenters. The number of carbonyl (C=O) groups excluding carboxylic acids is 1. The quantitative estimate of drug-likeness (QED) is 0.918. The first kappa shape index (κ1) is 14.5. The molecule has 2 aliphatic carbocycles. The average Bonchev–Trinajstić information content (AvgIpc) is 3.45. The van der Waals surface area contributed by atoms with Crippen LogP contribution in [0.25, 0.3) is 5.69 Å². The zero-order chi connectivity index (χ0) is 16.0. The zero-order valence-corrected chi connectivity index (χ0v) is 13.8. The molecule has 2 aliphatic rings. The number of nitrogens with zero attached hydrogens (tertiary/aromatic N) is 2. The van der Waals surface area contributed by atoms with Crippen molar-refractivity contribution in [2.24, 2.45) is 0 Å². The van der Waals surface area contributed by atoms with Gasteiger partial charge in [0, 0.05) is 12.0 Å². The molecule has 4 rings (SSSR count). The Labute approximate surface area is 136 Å². The third kappa shape index (κ3) is 2.78. The zero-order valence-electron chi connectivity index (χ0n) is 13.8. The molecule has 0 saturated heterocycles. The van der Waals surface area contributed by atoms with E-state index in [1.54, 1.807) is 0 Å². The van der Waals surface area contributed by atoms with E-state index in [-0.39, 0.29) is 5.91 Å². The van der Waals surface area contributed by atoms with Crippen LogP contribution in [0, 0.1) is 6.92 Å². The van der Waals surface area contributed by atoms with Crippen molar-refractivity contribution in [2.75, 3.05) is 0 Å². The molecule has 23 heavy (non-hydrogen) atoms. The Hall–Kier alpha value is -2.10. The third-order valence-electron chi connectivity index (χ3n) is 4.69. The summed E-state index contributed by atoms with van der Waals surface area (Å²) >= 11 is 0. The lowest BCUT2D eigenvalue weighted by atomic mass is 10.1. The number of carbonyl (C=O) groups is 1. The summed E-state index contributed by atoms with van der Waals surface area (Å²) in [7, 11) is 0. The van der Waals surface area contributed by atoms with Gasteiger partial charge in [0.1, 0.15) is 0 Å². The van der Waals surface area contributed by atoms with Gasteiger partial charge < -0.3 is 5.32 Å². The summed E-state index contributed by atoms with van der Waals surface area (Å²) in [6, 6.07) is 8.71. The van der Waals surface area contributed by atoms with Gasteiger partial charge in [0.2, 0.25) is 0 Å². The Morgan fingerprint density at radius 2 is 2.09 bits per heavy atom. The van der Waals surface area contributed by atoms with Gasteiger partial charge in [-0.2, -0.15) is 5.10 Å². The first-order valence-corrected chi connectivity index (χ1v) is 8.67. The Morgan fingerprint density at radius 1 is 1.30 bits per heavy atom. The largest absolute Gasteiger partial charge is 0.349 e. The Balaban J connectivity index is 1.81. The van der Waals surface area contributed by atoms with Gasteiger partial charge in [0.25, 0.3) is 5.91 Å². The fraction of sp³-hybridized carbons (Fsp3) is 0.474. The number of aryl methyl sites for hydroxylation is 1. The van der Waals surface area contributed by atoms with Crippen LogP contribution < -0.4 is 5.32 Å².